The van der Waals surface area contributed by atoms with Crippen LogP contribution in [0.3, 0.4) is 0 Å². The van der Waals surface area contributed by atoms with Crippen LogP contribution in [-0.2, 0) is 47.7 Å². The molecular formula is C23H34N4O2S. The van der Waals surface area contributed by atoms with Crippen LogP contribution in [0.1, 0.15) is 54.5 Å². The van der Waals surface area contributed by atoms with Crippen LogP contribution >= 0.6 is 0 Å². The monoisotopic (exact) mass is 430 g/mol. The smallest absolute Gasteiger partial charge is 0.259 e. The maximum absolute atomic E-state index is 12.9. The van der Waals surface area contributed by atoms with Crippen LogP contribution in [0.4, 0.5) is 0 Å². The van der Waals surface area contributed by atoms with E-state index in [0.717, 1.165) is 25.8 Å². The molecule has 6 nitrogen and oxygen atoms in total. The molecule has 2 aliphatic carbocycles. The molecule has 7 heteroatoms. The number of benzene rings is 1. The molecule has 2 aliphatic rings. The highest BCUT2D eigenvalue weighted by Crippen LogP contribution is 2.35. The van der Waals surface area contributed by atoms with Crippen molar-refractivity contribution in [2.75, 3.05) is 27.2 Å². The first-order chi connectivity index (χ1) is 14.2. The molecule has 0 saturated heterocycles. The molecule has 4 rings (SSSR count). The molecule has 0 saturated carbocycles. The zero-order valence-corrected chi connectivity index (χ0v) is 19.5. The number of sulfonamides is 1. The van der Waals surface area contributed by atoms with Crippen LogP contribution in [0.15, 0.2) is 23.4 Å². The molecule has 30 heavy (non-hydrogen) atoms. The Bertz CT molecular complexity index is 1010. The number of hydrogen-bond acceptors (Lipinski definition) is 4. The molecule has 0 aliphatic heterocycles. The molecule has 0 atom stereocenters. The van der Waals surface area contributed by atoms with Gasteiger partial charge in [-0.2, -0.15) is 5.10 Å². The van der Waals surface area contributed by atoms with Crippen molar-refractivity contribution in [1.29, 1.82) is 0 Å². The summed E-state index contributed by atoms with van der Waals surface area (Å²) in [6.07, 6.45) is 9.57. The molecular weight excluding hydrogens is 396 g/mol. The minimum absolute atomic E-state index is 0.0952. The highest BCUT2D eigenvalue weighted by atomic mass is 32.2. The molecule has 1 aromatic heterocycles. The summed E-state index contributed by atoms with van der Waals surface area (Å²) in [5, 5.41) is 4.48. The summed E-state index contributed by atoms with van der Waals surface area (Å²) in [7, 11) is 0.381. The van der Waals surface area contributed by atoms with Gasteiger partial charge in [0.1, 0.15) is 0 Å². The first-order valence-corrected chi connectivity index (χ1v) is 12.5. The third-order valence-corrected chi connectivity index (χ3v) is 7.78. The Kier molecular flexibility index (Phi) is 5.81. The van der Waals surface area contributed by atoms with Crippen LogP contribution in [0, 0.1) is 0 Å². The van der Waals surface area contributed by atoms with Gasteiger partial charge in [-0.3, -0.25) is 4.68 Å². The standard InChI is InChI=1S/C23H34N4O2S/c1-23(2,16-26(3)4)27-14-12-22(25-27)30(28,29)24-13-11-21-19-9-5-7-17(19)15-18-8-6-10-20(18)21/h12,14-15,24H,5-11,13,16H2,1-4H3. The molecule has 0 spiro atoms. The molecule has 1 N–H and O–H groups in total. The van der Waals surface area contributed by atoms with E-state index in [0.29, 0.717) is 6.54 Å². The van der Waals surface area contributed by atoms with Crippen molar-refractivity contribution in [2.24, 2.45) is 0 Å². The Morgan fingerprint density at radius 2 is 1.73 bits per heavy atom. The molecule has 0 unspecified atom stereocenters. The van der Waals surface area contributed by atoms with Crippen molar-refractivity contribution in [3.05, 3.63) is 46.1 Å². The van der Waals surface area contributed by atoms with Gasteiger partial charge in [-0.15, -0.1) is 0 Å². The summed E-state index contributed by atoms with van der Waals surface area (Å²) in [6.45, 7) is 5.30. The van der Waals surface area contributed by atoms with Crippen molar-refractivity contribution in [1.82, 2.24) is 19.4 Å². The van der Waals surface area contributed by atoms with Crippen molar-refractivity contribution in [3.8, 4) is 0 Å². The number of aromatic nitrogens is 2. The number of hydrogen-bond donors (Lipinski definition) is 1. The van der Waals surface area contributed by atoms with Gasteiger partial charge in [-0.1, -0.05) is 6.07 Å². The summed E-state index contributed by atoms with van der Waals surface area (Å²) in [6, 6.07) is 4.01. The van der Waals surface area contributed by atoms with Crippen LogP contribution < -0.4 is 4.72 Å². The van der Waals surface area contributed by atoms with E-state index in [9.17, 15) is 8.42 Å². The molecule has 1 aromatic carbocycles. The summed E-state index contributed by atoms with van der Waals surface area (Å²) < 4.78 is 30.3. The molecule has 2 aromatic rings. The third kappa shape index (κ3) is 4.20. The molecule has 164 valence electrons. The fraction of sp³-hybridized carbons (Fsp3) is 0.609. The van der Waals surface area contributed by atoms with E-state index in [1.54, 1.807) is 16.9 Å². The second-order valence-corrected chi connectivity index (χ2v) is 11.3. The highest BCUT2D eigenvalue weighted by Gasteiger charge is 2.27. The predicted octanol–water partition coefficient (Wildman–Crippen LogP) is 2.68. The minimum Gasteiger partial charge on any atom is -0.307 e. The number of rotatable bonds is 8. The third-order valence-electron chi connectivity index (χ3n) is 6.43. The topological polar surface area (TPSA) is 67.2 Å². The van der Waals surface area contributed by atoms with Crippen molar-refractivity contribution in [3.63, 3.8) is 0 Å². The lowest BCUT2D eigenvalue weighted by molar-refractivity contribution is 0.221. The summed E-state index contributed by atoms with van der Waals surface area (Å²) in [5.41, 5.74) is 7.10. The van der Waals surface area contributed by atoms with Gasteiger partial charge in [-0.25, -0.2) is 13.1 Å². The second kappa shape index (κ2) is 8.09. The zero-order valence-electron chi connectivity index (χ0n) is 18.7. The van der Waals surface area contributed by atoms with Crippen molar-refractivity contribution in [2.45, 2.75) is 69.4 Å². The average Bonchev–Trinajstić information content (AvgIpc) is 3.39. The van der Waals surface area contributed by atoms with E-state index < -0.39 is 10.0 Å². The largest absolute Gasteiger partial charge is 0.307 e. The number of aryl methyl sites for hydroxylation is 2. The van der Waals surface area contributed by atoms with Gasteiger partial charge >= 0.3 is 0 Å². The van der Waals surface area contributed by atoms with Crippen molar-refractivity contribution < 1.29 is 8.42 Å². The SMILES string of the molecule is CN(C)CC(C)(C)n1ccc(S(=O)(=O)NCCc2c3c(cc4c2CCC4)CCC3)n1. The van der Waals surface area contributed by atoms with E-state index in [2.05, 4.69) is 34.6 Å². The summed E-state index contributed by atoms with van der Waals surface area (Å²) in [4.78, 5) is 2.07. The fourth-order valence-corrected chi connectivity index (χ4v) is 6.21. The van der Waals surface area contributed by atoms with Gasteiger partial charge in [-0.05, 0) is 107 Å². The van der Waals surface area contributed by atoms with E-state index in [1.807, 2.05) is 14.1 Å². The number of likely N-dealkylation sites (N-methyl/N-ethyl adjacent to an activating group) is 1. The van der Waals surface area contributed by atoms with Gasteiger partial charge in [0.25, 0.3) is 10.0 Å². The number of nitrogens with zero attached hydrogens (tertiary/aromatic N) is 3. The fourth-order valence-electron chi connectivity index (χ4n) is 5.25. The van der Waals surface area contributed by atoms with E-state index >= 15 is 0 Å². The Morgan fingerprint density at radius 1 is 1.10 bits per heavy atom. The van der Waals surface area contributed by atoms with E-state index in [-0.39, 0.29) is 10.6 Å². The average molecular weight is 431 g/mol. The Balaban J connectivity index is 1.47. The van der Waals surface area contributed by atoms with Crippen LogP contribution in [0.5, 0.6) is 0 Å². The Labute approximate surface area is 180 Å². The van der Waals surface area contributed by atoms with E-state index in [4.69, 9.17) is 0 Å². The highest BCUT2D eigenvalue weighted by molar-refractivity contribution is 7.89. The quantitative estimate of drug-likeness (QED) is 0.699. The summed E-state index contributed by atoms with van der Waals surface area (Å²) >= 11 is 0. The summed E-state index contributed by atoms with van der Waals surface area (Å²) in [5.74, 6) is 0. The Hall–Kier alpha value is -1.70. The molecule has 0 radical (unpaired) electrons. The lowest BCUT2D eigenvalue weighted by Crippen LogP contribution is -2.38. The molecule has 0 bridgehead atoms. The van der Waals surface area contributed by atoms with Crippen LogP contribution in [0.25, 0.3) is 0 Å². The minimum atomic E-state index is -3.62. The van der Waals surface area contributed by atoms with Gasteiger partial charge in [0.2, 0.25) is 0 Å². The van der Waals surface area contributed by atoms with Crippen LogP contribution in [-0.4, -0.2) is 50.3 Å². The van der Waals surface area contributed by atoms with Gasteiger partial charge in [0.15, 0.2) is 5.03 Å². The molecule has 0 fully saturated rings. The van der Waals surface area contributed by atoms with E-state index in [1.165, 1.54) is 53.5 Å². The predicted molar refractivity (Wildman–Crippen MR) is 119 cm³/mol. The maximum atomic E-state index is 12.9. The molecule has 1 heterocycles. The Morgan fingerprint density at radius 3 is 2.33 bits per heavy atom. The van der Waals surface area contributed by atoms with Crippen LogP contribution in [0.2, 0.25) is 0 Å². The second-order valence-electron chi connectivity index (χ2n) is 9.63. The van der Waals surface area contributed by atoms with Crippen molar-refractivity contribution >= 4 is 10.0 Å². The number of nitrogens with one attached hydrogen (secondary N) is 1. The lowest BCUT2D eigenvalue weighted by atomic mass is 9.92. The van der Waals surface area contributed by atoms with Gasteiger partial charge in [0, 0.05) is 19.3 Å². The normalized spacial score (nSPS) is 16.3. The lowest BCUT2D eigenvalue weighted by Gasteiger charge is -2.28. The molecule has 0 amide bonds. The zero-order chi connectivity index (χ0) is 21.5. The van der Waals surface area contributed by atoms with Gasteiger partial charge < -0.3 is 4.90 Å². The van der Waals surface area contributed by atoms with Gasteiger partial charge in [0.05, 0.1) is 5.54 Å². The first-order valence-electron chi connectivity index (χ1n) is 11.0. The number of fused-ring (bicyclic) bond motifs is 2. The first kappa shape index (κ1) is 21.5. The maximum Gasteiger partial charge on any atom is 0.259 e.